The van der Waals surface area contributed by atoms with Gasteiger partial charge in [-0.15, -0.1) is 0 Å². The molecule has 16 aromatic rings. The molecule has 0 fully saturated rings. The number of hydrogen-bond donors (Lipinski definition) is 0. The Morgan fingerprint density at radius 2 is 0.443 bits per heavy atom. The van der Waals surface area contributed by atoms with Crippen molar-refractivity contribution in [2.24, 2.45) is 0 Å². The van der Waals surface area contributed by atoms with Gasteiger partial charge in [-0.05, 0) is 317 Å². The van der Waals surface area contributed by atoms with E-state index in [1.165, 1.54) is 121 Å². The number of nitrogens with zero attached hydrogens (tertiary/aromatic N) is 10. The van der Waals surface area contributed by atoms with Crippen LogP contribution in [0.5, 0.6) is 23.0 Å². The van der Waals surface area contributed by atoms with Gasteiger partial charge in [0.15, 0.2) is 0 Å². The Morgan fingerprint density at radius 1 is 0.207 bits per heavy atom. The molecule has 0 radical (unpaired) electrons. The van der Waals surface area contributed by atoms with Gasteiger partial charge in [-0.2, -0.15) is 0 Å². The zero-order valence-corrected chi connectivity index (χ0v) is 82.3. The molecule has 13 aliphatic rings. The molecule has 18 nitrogen and oxygen atoms in total. The summed E-state index contributed by atoms with van der Waals surface area (Å²) in [7, 11) is 0. The van der Waals surface area contributed by atoms with Crippen molar-refractivity contribution in [3.63, 3.8) is 0 Å². The number of rotatable bonds is 20. The topological polar surface area (TPSA) is 203 Å². The third-order valence-electron chi connectivity index (χ3n) is 26.5. The minimum Gasteiger partial charge on any atom is -0.491 e. The van der Waals surface area contributed by atoms with Crippen molar-refractivity contribution >= 4 is 43.6 Å². The molecule has 6 aromatic carbocycles. The number of pyridine rings is 10. The summed E-state index contributed by atoms with van der Waals surface area (Å²) in [5, 5.41) is 4.67. The normalized spacial score (nSPS) is 14.0. The van der Waals surface area contributed by atoms with Crippen LogP contribution < -0.4 is 18.9 Å². The highest BCUT2D eigenvalue weighted by molar-refractivity contribution is 6.08. The lowest BCUT2D eigenvalue weighted by Crippen LogP contribution is -2.08. The Kier molecular flexibility index (Phi) is 36.4. The van der Waals surface area contributed by atoms with Crippen LogP contribution in [0.2, 0.25) is 0 Å². The third-order valence-corrected chi connectivity index (χ3v) is 26.5. The highest BCUT2D eigenvalue weighted by atomic mass is 16.5. The van der Waals surface area contributed by atoms with Crippen LogP contribution in [0, 0.1) is 0 Å². The molecule has 23 heterocycles. The van der Waals surface area contributed by atoms with E-state index < -0.39 is 0 Å². The molecular weight excluding hydrogens is 1730 g/mol. The van der Waals surface area contributed by atoms with Crippen molar-refractivity contribution < 1.29 is 37.9 Å². The average molecular weight is 1870 g/mol. The fourth-order valence-electron chi connectivity index (χ4n) is 18.6. The van der Waals surface area contributed by atoms with Crippen molar-refractivity contribution in [1.29, 1.82) is 0 Å². The molecule has 0 unspecified atom stereocenters. The molecule has 140 heavy (non-hydrogen) atoms. The van der Waals surface area contributed by atoms with Crippen molar-refractivity contribution in [3.05, 3.63) is 300 Å². The molecule has 720 valence electrons. The molecule has 28 bridgehead atoms. The van der Waals surface area contributed by atoms with E-state index in [4.69, 9.17) is 87.7 Å². The molecule has 0 atom stereocenters. The standard InChI is InChI=1S/C122H134N10O8/c1-5-9-13-17-31-95-79-115-91-43-51-99(52-44-91)137-75-71-133-67-23-27-87-39-63-107(123-83-87)111-35-21-36-112(127-111)109-65-41-89(85-125-109)29-25-69-135-73-77-139-101-55-47-93(48-56-101)117-81-97(33-19-15-11-7-3)105-61-62-106-98(34-20-16-12-8-4)82-118(132-122(106)121(105)131-117)94-49-57-102(58-50-94)140-78-74-136-70-26-30-90-42-66-110(126-86-90)114-38-22-37-113(128-114)108-64-40-88(84-124-108)28-24-68-134-72-76-138-100-53-45-92(46-54-100)116-80-96(32-18-14-10-6-2)104-60-59-103(95)119(129-115)120(104)130-116/h21-22,35-66,79-86H,5-20,23-34,67-78H2,1-4H3. The lowest BCUT2D eigenvalue weighted by atomic mass is 9.95. The molecule has 0 saturated heterocycles. The molecular formula is C122H134N10O8. The summed E-state index contributed by atoms with van der Waals surface area (Å²) in [6.45, 7) is 15.2. The summed E-state index contributed by atoms with van der Waals surface area (Å²) in [6.07, 6.45) is 37.2. The van der Waals surface area contributed by atoms with Crippen LogP contribution in [0.25, 0.3) is 134 Å². The second-order valence-electron chi connectivity index (χ2n) is 37.0. The van der Waals surface area contributed by atoms with E-state index in [0.717, 1.165) is 261 Å². The second kappa shape index (κ2) is 51.7. The van der Waals surface area contributed by atoms with Crippen molar-refractivity contribution in [1.82, 2.24) is 49.8 Å². The van der Waals surface area contributed by atoms with Gasteiger partial charge in [0.05, 0.1) is 117 Å². The van der Waals surface area contributed by atoms with E-state index >= 15 is 0 Å². The van der Waals surface area contributed by atoms with Crippen LogP contribution in [0.3, 0.4) is 0 Å². The van der Waals surface area contributed by atoms with Gasteiger partial charge in [0.25, 0.3) is 0 Å². The molecule has 0 aliphatic carbocycles. The van der Waals surface area contributed by atoms with Gasteiger partial charge in [-0.25, -0.2) is 29.9 Å². The maximum absolute atomic E-state index is 6.27. The van der Waals surface area contributed by atoms with E-state index in [2.05, 4.69) is 173 Å². The van der Waals surface area contributed by atoms with Gasteiger partial charge in [-0.1, -0.05) is 165 Å². The molecule has 29 rings (SSSR count). The van der Waals surface area contributed by atoms with Gasteiger partial charge in [0.2, 0.25) is 0 Å². The van der Waals surface area contributed by atoms with Crippen molar-refractivity contribution in [3.8, 4) is 114 Å². The average Bonchev–Trinajstić information content (AvgIpc) is 0.750. The highest BCUT2D eigenvalue weighted by Gasteiger charge is 2.22. The maximum atomic E-state index is 6.27. The Morgan fingerprint density at radius 3 is 0.657 bits per heavy atom. The van der Waals surface area contributed by atoms with Crippen molar-refractivity contribution in [2.45, 2.75) is 207 Å². The predicted molar refractivity (Wildman–Crippen MR) is 567 cm³/mol. The first-order chi connectivity index (χ1) is 69.2. The number of ether oxygens (including phenoxy) is 8. The van der Waals surface area contributed by atoms with E-state index in [0.29, 0.717) is 79.3 Å². The Balaban J connectivity index is 0.545. The zero-order valence-electron chi connectivity index (χ0n) is 82.3. The van der Waals surface area contributed by atoms with Gasteiger partial charge >= 0.3 is 0 Å². The first-order valence-corrected chi connectivity index (χ1v) is 51.7. The Bertz CT molecular complexity index is 5820. The van der Waals surface area contributed by atoms with Crippen LogP contribution in [-0.4, -0.2) is 129 Å². The van der Waals surface area contributed by atoms with E-state index in [1.807, 2.05) is 110 Å². The number of unbranched alkanes of at least 4 members (excludes halogenated alkanes) is 12. The molecule has 0 spiro atoms. The molecule has 10 aromatic heterocycles. The van der Waals surface area contributed by atoms with Crippen LogP contribution in [0.1, 0.15) is 201 Å². The summed E-state index contributed by atoms with van der Waals surface area (Å²) < 4.78 is 49.5. The van der Waals surface area contributed by atoms with Crippen LogP contribution >= 0.6 is 0 Å². The van der Waals surface area contributed by atoms with Gasteiger partial charge < -0.3 is 37.9 Å². The number of hydrogen-bond acceptors (Lipinski definition) is 18. The van der Waals surface area contributed by atoms with E-state index in [9.17, 15) is 0 Å². The molecule has 13 aliphatic heterocycles. The monoisotopic (exact) mass is 1870 g/mol. The Labute approximate surface area is 826 Å². The molecule has 18 heteroatoms. The minimum absolute atomic E-state index is 0.440. The minimum atomic E-state index is 0.440. The maximum Gasteiger partial charge on any atom is 0.119 e. The van der Waals surface area contributed by atoms with Crippen LogP contribution in [0.4, 0.5) is 0 Å². The fraction of sp³-hybridized carbons (Fsp3) is 0.361. The first kappa shape index (κ1) is 98.5. The zero-order chi connectivity index (χ0) is 95.5. The van der Waals surface area contributed by atoms with E-state index in [1.54, 1.807) is 0 Å². The summed E-state index contributed by atoms with van der Waals surface area (Å²) in [4.78, 5) is 51.6. The van der Waals surface area contributed by atoms with Gasteiger partial charge in [0.1, 0.15) is 49.4 Å². The van der Waals surface area contributed by atoms with Gasteiger partial charge in [0, 0.05) is 95.0 Å². The van der Waals surface area contributed by atoms with Gasteiger partial charge in [-0.3, -0.25) is 19.9 Å². The predicted octanol–water partition coefficient (Wildman–Crippen LogP) is 28.5. The first-order valence-electron chi connectivity index (χ1n) is 51.7. The van der Waals surface area contributed by atoms with Crippen molar-refractivity contribution in [2.75, 3.05) is 79.3 Å². The second-order valence-corrected chi connectivity index (χ2v) is 37.0. The van der Waals surface area contributed by atoms with E-state index in [-0.39, 0.29) is 0 Å². The summed E-state index contributed by atoms with van der Waals surface area (Å²) in [6, 6.07) is 80.7. The molecule has 0 saturated carbocycles. The largest absolute Gasteiger partial charge is 0.491 e. The Hall–Kier alpha value is -13.1. The lowest BCUT2D eigenvalue weighted by Gasteiger charge is -2.15. The fourth-order valence-corrected chi connectivity index (χ4v) is 18.6. The lowest BCUT2D eigenvalue weighted by molar-refractivity contribution is 0.0985. The van der Waals surface area contributed by atoms with Crippen LogP contribution in [-0.2, 0) is 70.3 Å². The smallest absolute Gasteiger partial charge is 0.119 e. The number of aromatic nitrogens is 10. The molecule has 0 amide bonds. The SMILES string of the molecule is CCCCCCc1cc2nc3c1ccc1c(CCCCCC)cc(nc13)-c1ccc(cc1)OCCOCCCc1ccc(nc1)-c1cccc(n1)-c1ccc(cn1)CCCOCCOc1ccc(cc1)-c1cc(CCCCCC)c3ccc4c(CCCCCC)cc(nc4c3n1)-c1ccc(cc1)OCCOCCCc1ccc(nc1)-c1cccc(n1)-c1ccc(cn1)CCCOCCOc1ccc-2cc1. The summed E-state index contributed by atoms with van der Waals surface area (Å²) >= 11 is 0. The summed E-state index contributed by atoms with van der Waals surface area (Å²) in [5.41, 5.74) is 27.9. The summed E-state index contributed by atoms with van der Waals surface area (Å²) in [5.74, 6) is 3.16. The highest BCUT2D eigenvalue weighted by Crippen LogP contribution is 2.40. The number of benzene rings is 6. The third kappa shape index (κ3) is 27.3. The molecule has 0 N–H and O–H groups in total. The van der Waals surface area contributed by atoms with Crippen LogP contribution in [0.15, 0.2) is 255 Å². The number of aryl methyl sites for hydroxylation is 8. The quantitative estimate of drug-likeness (QED) is 0.0514.